The van der Waals surface area contributed by atoms with Crippen molar-refractivity contribution >= 4 is 33.5 Å². The Labute approximate surface area is 136 Å². The molecule has 2 N–H and O–H groups in total. The molecule has 0 saturated carbocycles. The van der Waals surface area contributed by atoms with Crippen molar-refractivity contribution in [3.8, 4) is 0 Å². The van der Waals surface area contributed by atoms with Gasteiger partial charge in [-0.2, -0.15) is 0 Å². The molecule has 0 heterocycles. The lowest BCUT2D eigenvalue weighted by Crippen LogP contribution is -2.21. The summed E-state index contributed by atoms with van der Waals surface area (Å²) >= 11 is 3.31. The highest BCUT2D eigenvalue weighted by Crippen LogP contribution is 2.20. The van der Waals surface area contributed by atoms with Gasteiger partial charge in [-0.05, 0) is 45.8 Å². The molecule has 0 aliphatic heterocycles. The number of rotatable bonds is 5. The average Bonchev–Trinajstić information content (AvgIpc) is 2.55. The Morgan fingerprint density at radius 1 is 1.09 bits per heavy atom. The number of benzene rings is 2. The van der Waals surface area contributed by atoms with Crippen LogP contribution in [0.5, 0.6) is 0 Å². The second kappa shape index (κ2) is 7.72. The molecule has 0 spiro atoms. The lowest BCUT2D eigenvalue weighted by Gasteiger charge is -2.08. The summed E-state index contributed by atoms with van der Waals surface area (Å²) in [6.45, 7) is -0.467. The fraction of sp³-hybridized carbons (Fsp3) is 0.125. The highest BCUT2D eigenvalue weighted by molar-refractivity contribution is 9.10. The van der Waals surface area contributed by atoms with Crippen molar-refractivity contribution in [1.29, 1.82) is 0 Å². The number of ether oxygens (including phenoxy) is 1. The van der Waals surface area contributed by atoms with Crippen molar-refractivity contribution < 1.29 is 19.4 Å². The van der Waals surface area contributed by atoms with E-state index in [1.54, 1.807) is 42.5 Å². The molecule has 0 saturated heterocycles. The van der Waals surface area contributed by atoms with E-state index >= 15 is 0 Å². The van der Waals surface area contributed by atoms with Crippen LogP contribution >= 0.6 is 15.9 Å². The Morgan fingerprint density at radius 3 is 2.41 bits per heavy atom. The first-order valence-electron chi connectivity index (χ1n) is 6.51. The fourth-order valence-corrected chi connectivity index (χ4v) is 2.09. The number of esters is 1. The highest BCUT2D eigenvalue weighted by Gasteiger charge is 2.11. The third-order valence-corrected chi connectivity index (χ3v) is 3.55. The number of carbonyl (C=O) groups excluding carboxylic acids is 2. The molecule has 5 nitrogen and oxygen atoms in total. The number of aliphatic hydroxyl groups excluding tert-OH is 1. The number of aliphatic hydroxyl groups is 1. The largest absolute Gasteiger partial charge is 0.452 e. The summed E-state index contributed by atoms with van der Waals surface area (Å²) in [4.78, 5) is 23.6. The minimum absolute atomic E-state index is 0.0936. The van der Waals surface area contributed by atoms with Crippen molar-refractivity contribution in [3.63, 3.8) is 0 Å². The molecule has 114 valence electrons. The molecule has 0 unspecified atom stereocenters. The summed E-state index contributed by atoms with van der Waals surface area (Å²) < 4.78 is 5.69. The number of carbonyl (C=O) groups is 2. The van der Waals surface area contributed by atoms with Crippen LogP contribution < -0.4 is 5.32 Å². The molecule has 2 aromatic rings. The van der Waals surface area contributed by atoms with Crippen LogP contribution in [-0.4, -0.2) is 23.6 Å². The third kappa shape index (κ3) is 4.41. The number of hydrogen-bond donors (Lipinski definition) is 2. The normalized spacial score (nSPS) is 10.1. The summed E-state index contributed by atoms with van der Waals surface area (Å²) in [6.07, 6.45) is 0. The topological polar surface area (TPSA) is 75.6 Å². The Kier molecular flexibility index (Phi) is 5.68. The van der Waals surface area contributed by atoms with Gasteiger partial charge >= 0.3 is 5.97 Å². The van der Waals surface area contributed by atoms with Gasteiger partial charge in [0.15, 0.2) is 6.61 Å². The molecule has 0 aliphatic rings. The van der Waals surface area contributed by atoms with Gasteiger partial charge in [-0.25, -0.2) is 4.79 Å². The molecule has 2 rings (SSSR count). The third-order valence-electron chi connectivity index (χ3n) is 2.85. The van der Waals surface area contributed by atoms with Crippen LogP contribution in [0.15, 0.2) is 53.0 Å². The Balaban J connectivity index is 1.87. The molecular formula is C16H14BrNO4. The van der Waals surface area contributed by atoms with E-state index in [1.807, 2.05) is 6.07 Å². The van der Waals surface area contributed by atoms with Crippen LogP contribution in [0.25, 0.3) is 0 Å². The smallest absolute Gasteiger partial charge is 0.338 e. The van der Waals surface area contributed by atoms with E-state index in [9.17, 15) is 9.59 Å². The maximum Gasteiger partial charge on any atom is 0.338 e. The van der Waals surface area contributed by atoms with E-state index in [1.165, 1.54) is 0 Å². The van der Waals surface area contributed by atoms with Gasteiger partial charge in [0.2, 0.25) is 0 Å². The lowest BCUT2D eigenvalue weighted by molar-refractivity contribution is -0.119. The monoisotopic (exact) mass is 363 g/mol. The molecule has 22 heavy (non-hydrogen) atoms. The minimum atomic E-state index is -0.591. The summed E-state index contributed by atoms with van der Waals surface area (Å²) in [5.41, 5.74) is 1.63. The SMILES string of the molecule is O=C(COC(=O)c1ccc(CO)cc1)Nc1ccccc1Br. The van der Waals surface area contributed by atoms with Crippen molar-refractivity contribution in [2.45, 2.75) is 6.61 Å². The quantitative estimate of drug-likeness (QED) is 0.800. The van der Waals surface area contributed by atoms with Gasteiger partial charge in [-0.15, -0.1) is 0 Å². The van der Waals surface area contributed by atoms with Crippen molar-refractivity contribution in [2.75, 3.05) is 11.9 Å². The molecule has 0 atom stereocenters. The maximum absolute atomic E-state index is 11.8. The molecule has 0 radical (unpaired) electrons. The number of hydrogen-bond acceptors (Lipinski definition) is 4. The maximum atomic E-state index is 11.8. The fourth-order valence-electron chi connectivity index (χ4n) is 1.71. The van der Waals surface area contributed by atoms with Gasteiger partial charge < -0.3 is 15.2 Å². The predicted octanol–water partition coefficient (Wildman–Crippen LogP) is 2.74. The van der Waals surface area contributed by atoms with Crippen molar-refractivity contribution in [2.24, 2.45) is 0 Å². The molecule has 1 amide bonds. The first kappa shape index (κ1) is 16.2. The van der Waals surface area contributed by atoms with E-state index in [-0.39, 0.29) is 13.2 Å². The minimum Gasteiger partial charge on any atom is -0.452 e. The van der Waals surface area contributed by atoms with E-state index < -0.39 is 11.9 Å². The summed E-state index contributed by atoms with van der Waals surface area (Å²) in [5.74, 6) is -1.01. The summed E-state index contributed by atoms with van der Waals surface area (Å²) in [6, 6.07) is 13.5. The second-order valence-electron chi connectivity index (χ2n) is 4.46. The Bertz CT molecular complexity index is 670. The van der Waals surface area contributed by atoms with Crippen molar-refractivity contribution in [1.82, 2.24) is 0 Å². The Morgan fingerprint density at radius 2 is 1.77 bits per heavy atom. The zero-order chi connectivity index (χ0) is 15.9. The number of amides is 1. The van der Waals surface area contributed by atoms with Gasteiger partial charge in [0.1, 0.15) is 0 Å². The van der Waals surface area contributed by atoms with E-state index in [4.69, 9.17) is 9.84 Å². The van der Waals surface area contributed by atoms with Crippen LogP contribution in [0, 0.1) is 0 Å². The Hall–Kier alpha value is -2.18. The van der Waals surface area contributed by atoms with E-state index in [0.717, 1.165) is 4.47 Å². The molecular weight excluding hydrogens is 350 g/mol. The van der Waals surface area contributed by atoms with Crippen LogP contribution in [0.4, 0.5) is 5.69 Å². The molecule has 6 heteroatoms. The summed E-state index contributed by atoms with van der Waals surface area (Å²) in [7, 11) is 0. The van der Waals surface area contributed by atoms with Gasteiger partial charge in [-0.3, -0.25) is 4.79 Å². The van der Waals surface area contributed by atoms with Gasteiger partial charge in [0.05, 0.1) is 17.9 Å². The average molecular weight is 364 g/mol. The standard InChI is InChI=1S/C16H14BrNO4/c17-13-3-1-2-4-14(13)18-15(20)10-22-16(21)12-7-5-11(9-19)6-8-12/h1-8,19H,9-10H2,(H,18,20). The van der Waals surface area contributed by atoms with E-state index in [0.29, 0.717) is 16.8 Å². The van der Waals surface area contributed by atoms with Gasteiger partial charge in [0.25, 0.3) is 5.91 Å². The van der Waals surface area contributed by atoms with Gasteiger partial charge in [-0.1, -0.05) is 24.3 Å². The molecule has 2 aromatic carbocycles. The number of nitrogens with one attached hydrogen (secondary N) is 1. The van der Waals surface area contributed by atoms with Gasteiger partial charge in [0, 0.05) is 4.47 Å². The first-order valence-corrected chi connectivity index (χ1v) is 7.31. The number of para-hydroxylation sites is 1. The molecule has 0 aliphatic carbocycles. The van der Waals surface area contributed by atoms with Crippen LogP contribution in [0.2, 0.25) is 0 Å². The van der Waals surface area contributed by atoms with Crippen LogP contribution in [0.3, 0.4) is 0 Å². The highest BCUT2D eigenvalue weighted by atomic mass is 79.9. The molecule has 0 bridgehead atoms. The zero-order valence-corrected chi connectivity index (χ0v) is 13.2. The second-order valence-corrected chi connectivity index (χ2v) is 5.31. The zero-order valence-electron chi connectivity index (χ0n) is 11.6. The van der Waals surface area contributed by atoms with Crippen molar-refractivity contribution in [3.05, 3.63) is 64.1 Å². The number of halogens is 1. The molecule has 0 fully saturated rings. The van der Waals surface area contributed by atoms with Crippen LogP contribution in [0.1, 0.15) is 15.9 Å². The van der Waals surface area contributed by atoms with E-state index in [2.05, 4.69) is 21.2 Å². The summed E-state index contributed by atoms with van der Waals surface area (Å²) in [5, 5.41) is 11.6. The van der Waals surface area contributed by atoms with Crippen LogP contribution in [-0.2, 0) is 16.1 Å². The first-order chi connectivity index (χ1) is 10.6. The molecule has 0 aromatic heterocycles. The lowest BCUT2D eigenvalue weighted by atomic mass is 10.1. The number of anilines is 1. The predicted molar refractivity (Wildman–Crippen MR) is 85.4 cm³/mol.